The molecule has 0 aliphatic heterocycles. The van der Waals surface area contributed by atoms with Gasteiger partial charge in [0.15, 0.2) is 0 Å². The van der Waals surface area contributed by atoms with Crippen LogP contribution in [-0.4, -0.2) is 0 Å². The lowest BCUT2D eigenvalue weighted by atomic mass is 10.0. The summed E-state index contributed by atoms with van der Waals surface area (Å²) in [5, 5.41) is 0. The molecule has 0 N–H and O–H groups in total. The monoisotopic (exact) mass is 350 g/mol. The van der Waals surface area contributed by atoms with Crippen molar-refractivity contribution in [1.29, 1.82) is 0 Å². The lowest BCUT2D eigenvalue weighted by Crippen LogP contribution is -1.91. The minimum Gasteiger partial charge on any atom is -0.457 e. The Labute approximate surface area is 160 Å². The predicted octanol–water partition coefficient (Wildman–Crippen LogP) is 6.66. The van der Waals surface area contributed by atoms with Crippen LogP contribution in [0.15, 0.2) is 109 Å². The molecule has 0 atom stereocenters. The topological polar surface area (TPSA) is 9.23 Å². The summed E-state index contributed by atoms with van der Waals surface area (Å²) in [6, 6.07) is 37.7. The molecule has 1 nitrogen and oxygen atoms in total. The van der Waals surface area contributed by atoms with E-state index in [1.807, 2.05) is 24.3 Å². The van der Waals surface area contributed by atoms with Gasteiger partial charge in [-0.25, -0.2) is 0 Å². The van der Waals surface area contributed by atoms with Gasteiger partial charge >= 0.3 is 0 Å². The predicted molar refractivity (Wildman–Crippen MR) is 111 cm³/mol. The van der Waals surface area contributed by atoms with Gasteiger partial charge in [0.25, 0.3) is 0 Å². The van der Waals surface area contributed by atoms with Crippen LogP contribution in [0.3, 0.4) is 0 Å². The molecule has 0 aliphatic rings. The van der Waals surface area contributed by atoms with Gasteiger partial charge in [0, 0.05) is 0 Å². The van der Waals surface area contributed by atoms with Gasteiger partial charge in [-0.2, -0.15) is 0 Å². The Kier molecular flexibility index (Phi) is 5.31. The second-order valence-electron chi connectivity index (χ2n) is 6.72. The molecule has 0 unspecified atom stereocenters. The SMILES string of the molecule is c1ccc(Cc2cccc(Oc3cccc(Cc4ccccc4)c3)c2)cc1. The van der Waals surface area contributed by atoms with Crippen molar-refractivity contribution >= 4 is 0 Å². The van der Waals surface area contributed by atoms with Crippen molar-refractivity contribution in [3.8, 4) is 11.5 Å². The Morgan fingerprint density at radius 2 is 0.815 bits per heavy atom. The maximum Gasteiger partial charge on any atom is 0.127 e. The molecule has 4 aromatic carbocycles. The molecule has 0 fully saturated rings. The van der Waals surface area contributed by atoms with E-state index in [0.29, 0.717) is 0 Å². The first-order valence-electron chi connectivity index (χ1n) is 9.29. The molecule has 0 amide bonds. The summed E-state index contributed by atoms with van der Waals surface area (Å²) in [6.07, 6.45) is 1.82. The van der Waals surface area contributed by atoms with E-state index in [4.69, 9.17) is 4.74 Å². The van der Waals surface area contributed by atoms with E-state index in [-0.39, 0.29) is 0 Å². The Morgan fingerprint density at radius 1 is 0.407 bits per heavy atom. The van der Waals surface area contributed by atoms with Crippen molar-refractivity contribution < 1.29 is 4.74 Å². The highest BCUT2D eigenvalue weighted by atomic mass is 16.5. The zero-order chi connectivity index (χ0) is 18.3. The first kappa shape index (κ1) is 17.1. The van der Waals surface area contributed by atoms with E-state index in [0.717, 1.165) is 24.3 Å². The van der Waals surface area contributed by atoms with E-state index >= 15 is 0 Å². The summed E-state index contributed by atoms with van der Waals surface area (Å²) in [6.45, 7) is 0. The first-order valence-corrected chi connectivity index (χ1v) is 9.29. The second-order valence-corrected chi connectivity index (χ2v) is 6.72. The van der Waals surface area contributed by atoms with Gasteiger partial charge in [-0.1, -0.05) is 84.9 Å². The van der Waals surface area contributed by atoms with Crippen molar-refractivity contribution in [3.05, 3.63) is 131 Å². The third kappa shape index (κ3) is 4.86. The number of ether oxygens (including phenoxy) is 1. The lowest BCUT2D eigenvalue weighted by Gasteiger charge is -2.10. The van der Waals surface area contributed by atoms with Crippen LogP contribution in [0.2, 0.25) is 0 Å². The highest BCUT2D eigenvalue weighted by Gasteiger charge is 2.03. The quantitative estimate of drug-likeness (QED) is 0.378. The molecule has 0 spiro atoms. The Balaban J connectivity index is 1.47. The number of hydrogen-bond donors (Lipinski definition) is 0. The van der Waals surface area contributed by atoms with Crippen LogP contribution in [-0.2, 0) is 12.8 Å². The van der Waals surface area contributed by atoms with E-state index in [2.05, 4.69) is 84.9 Å². The lowest BCUT2D eigenvalue weighted by molar-refractivity contribution is 0.481. The third-order valence-corrected chi connectivity index (χ3v) is 4.53. The molecule has 132 valence electrons. The first-order chi connectivity index (χ1) is 13.3. The van der Waals surface area contributed by atoms with E-state index in [1.165, 1.54) is 22.3 Å². The highest BCUT2D eigenvalue weighted by Crippen LogP contribution is 2.25. The fourth-order valence-electron chi connectivity index (χ4n) is 3.24. The second kappa shape index (κ2) is 8.37. The van der Waals surface area contributed by atoms with Gasteiger partial charge in [-0.3, -0.25) is 0 Å². The summed E-state index contributed by atoms with van der Waals surface area (Å²) < 4.78 is 6.14. The van der Waals surface area contributed by atoms with Gasteiger partial charge in [0.1, 0.15) is 11.5 Å². The van der Waals surface area contributed by atoms with Crippen LogP contribution >= 0.6 is 0 Å². The molecule has 0 radical (unpaired) electrons. The van der Waals surface area contributed by atoms with Crippen molar-refractivity contribution in [2.24, 2.45) is 0 Å². The fourth-order valence-corrected chi connectivity index (χ4v) is 3.24. The van der Waals surface area contributed by atoms with E-state index in [1.54, 1.807) is 0 Å². The van der Waals surface area contributed by atoms with Gasteiger partial charge in [-0.15, -0.1) is 0 Å². The molecule has 0 saturated heterocycles. The van der Waals surface area contributed by atoms with Gasteiger partial charge < -0.3 is 4.74 Å². The summed E-state index contributed by atoms with van der Waals surface area (Å²) >= 11 is 0. The van der Waals surface area contributed by atoms with Crippen LogP contribution in [0.5, 0.6) is 11.5 Å². The van der Waals surface area contributed by atoms with Crippen molar-refractivity contribution in [2.45, 2.75) is 12.8 Å². The number of hydrogen-bond acceptors (Lipinski definition) is 1. The molecular weight excluding hydrogens is 328 g/mol. The Bertz CT molecular complexity index is 908. The third-order valence-electron chi connectivity index (χ3n) is 4.53. The van der Waals surface area contributed by atoms with Crippen LogP contribution in [0.4, 0.5) is 0 Å². The molecule has 0 aromatic heterocycles. The zero-order valence-electron chi connectivity index (χ0n) is 15.2. The summed E-state index contributed by atoms with van der Waals surface area (Å²) in [7, 11) is 0. The minimum atomic E-state index is 0.875. The molecule has 4 aromatic rings. The van der Waals surface area contributed by atoms with Crippen LogP contribution in [0.1, 0.15) is 22.3 Å². The standard InChI is InChI=1S/C26H22O/c1-3-9-21(10-4-1)17-23-13-7-15-25(19-23)27-26-16-8-14-24(20-26)18-22-11-5-2-6-12-22/h1-16,19-20H,17-18H2. The normalized spacial score (nSPS) is 10.5. The molecule has 27 heavy (non-hydrogen) atoms. The van der Waals surface area contributed by atoms with Gasteiger partial charge in [-0.05, 0) is 59.4 Å². The Morgan fingerprint density at radius 3 is 1.26 bits per heavy atom. The average molecular weight is 350 g/mol. The van der Waals surface area contributed by atoms with Crippen LogP contribution in [0, 0.1) is 0 Å². The smallest absolute Gasteiger partial charge is 0.127 e. The van der Waals surface area contributed by atoms with Crippen molar-refractivity contribution in [2.75, 3.05) is 0 Å². The summed E-state index contributed by atoms with van der Waals surface area (Å²) in [4.78, 5) is 0. The van der Waals surface area contributed by atoms with Crippen LogP contribution < -0.4 is 4.74 Å². The summed E-state index contributed by atoms with van der Waals surface area (Å²) in [5.74, 6) is 1.75. The maximum absolute atomic E-state index is 6.14. The molecule has 0 heterocycles. The largest absolute Gasteiger partial charge is 0.457 e. The van der Waals surface area contributed by atoms with Gasteiger partial charge in [0.05, 0.1) is 0 Å². The number of benzene rings is 4. The average Bonchev–Trinajstić information content (AvgIpc) is 2.70. The van der Waals surface area contributed by atoms with E-state index in [9.17, 15) is 0 Å². The molecule has 0 aliphatic carbocycles. The highest BCUT2D eigenvalue weighted by molar-refractivity contribution is 5.38. The molecule has 0 saturated carbocycles. The molecule has 0 bridgehead atoms. The van der Waals surface area contributed by atoms with Crippen LogP contribution in [0.25, 0.3) is 0 Å². The molecule has 4 rings (SSSR count). The van der Waals surface area contributed by atoms with Crippen molar-refractivity contribution in [3.63, 3.8) is 0 Å². The maximum atomic E-state index is 6.14. The zero-order valence-corrected chi connectivity index (χ0v) is 15.2. The fraction of sp³-hybridized carbons (Fsp3) is 0.0769. The summed E-state index contributed by atoms with van der Waals surface area (Å²) in [5.41, 5.74) is 5.11. The van der Waals surface area contributed by atoms with Crippen molar-refractivity contribution in [1.82, 2.24) is 0 Å². The molecule has 1 heteroatoms. The van der Waals surface area contributed by atoms with Gasteiger partial charge in [0.2, 0.25) is 0 Å². The number of rotatable bonds is 6. The minimum absolute atomic E-state index is 0.875. The molecular formula is C26H22O. The van der Waals surface area contributed by atoms with E-state index < -0.39 is 0 Å². The Hall–Kier alpha value is -3.32.